The van der Waals surface area contributed by atoms with Crippen LogP contribution in [0.4, 0.5) is 41.0 Å². The molecule has 0 radical (unpaired) electrons. The summed E-state index contributed by atoms with van der Waals surface area (Å²) in [7, 11) is 0. The number of benzene rings is 2. The van der Waals surface area contributed by atoms with Crippen molar-refractivity contribution < 1.29 is 32.6 Å². The first-order valence-electron chi connectivity index (χ1n) is 10.7. The predicted molar refractivity (Wildman–Crippen MR) is 136 cm³/mol. The molecule has 2 heterocycles. The van der Waals surface area contributed by atoms with Crippen molar-refractivity contribution in [2.75, 3.05) is 16.0 Å². The molecule has 0 unspecified atom stereocenters. The van der Waals surface area contributed by atoms with Gasteiger partial charge in [-0.1, -0.05) is 23.2 Å². The van der Waals surface area contributed by atoms with Crippen molar-refractivity contribution in [3.05, 3.63) is 75.5 Å². The molecule has 4 aromatic rings. The number of nitrogens with zero attached hydrogens (tertiary/aromatic N) is 3. The largest absolute Gasteiger partial charge is 0.476 e. The van der Waals surface area contributed by atoms with Crippen molar-refractivity contribution in [1.29, 1.82) is 0 Å². The van der Waals surface area contributed by atoms with Crippen LogP contribution in [0.3, 0.4) is 0 Å². The van der Waals surface area contributed by atoms with Crippen LogP contribution >= 0.6 is 23.2 Å². The lowest BCUT2D eigenvalue weighted by atomic mass is 10.1. The van der Waals surface area contributed by atoms with E-state index in [9.17, 15) is 22.8 Å². The fourth-order valence-corrected chi connectivity index (χ4v) is 3.47. The van der Waals surface area contributed by atoms with Crippen LogP contribution in [0.5, 0.6) is 11.8 Å². The molecule has 2 aromatic carbocycles. The minimum Gasteiger partial charge on any atom is -0.476 e. The number of hydrogen-bond acceptors (Lipinski definition) is 7. The van der Waals surface area contributed by atoms with Crippen LogP contribution in [-0.4, -0.2) is 37.3 Å². The van der Waals surface area contributed by atoms with Gasteiger partial charge in [-0.25, -0.2) is 14.6 Å². The maximum atomic E-state index is 13.9. The number of carboxylic acid groups (broad SMARTS) is 1. The summed E-state index contributed by atoms with van der Waals surface area (Å²) in [4.78, 5) is 31.3. The molecule has 5 N–H and O–H groups in total. The molecule has 0 aliphatic carbocycles. The highest BCUT2D eigenvalue weighted by Gasteiger charge is 2.35. The van der Waals surface area contributed by atoms with E-state index >= 15 is 0 Å². The van der Waals surface area contributed by atoms with Crippen molar-refractivity contribution in [3.63, 3.8) is 0 Å². The van der Waals surface area contributed by atoms with Crippen LogP contribution < -0.4 is 20.7 Å². The van der Waals surface area contributed by atoms with Gasteiger partial charge < -0.3 is 25.8 Å². The number of hydrogen-bond donors (Lipinski definition) is 5. The maximum Gasteiger partial charge on any atom is 0.420 e. The van der Waals surface area contributed by atoms with Crippen LogP contribution in [-0.2, 0) is 6.18 Å². The highest BCUT2D eigenvalue weighted by atomic mass is 35.5. The molecule has 0 saturated heterocycles. The van der Waals surface area contributed by atoms with Gasteiger partial charge in [0.1, 0.15) is 22.9 Å². The molecule has 2 amide bonds. The molecule has 39 heavy (non-hydrogen) atoms. The number of carboxylic acids is 1. The van der Waals surface area contributed by atoms with E-state index in [1.165, 1.54) is 36.4 Å². The Hall–Kier alpha value is -4.56. The summed E-state index contributed by atoms with van der Waals surface area (Å²) in [5.41, 5.74) is -1.02. The molecule has 0 bridgehead atoms. The van der Waals surface area contributed by atoms with Gasteiger partial charge in [0.2, 0.25) is 0 Å². The van der Waals surface area contributed by atoms with Gasteiger partial charge in [0.05, 0.1) is 10.0 Å². The van der Waals surface area contributed by atoms with Crippen molar-refractivity contribution in [2.24, 2.45) is 0 Å². The number of aryl methyl sites for hydroxylation is 1. The second-order valence-corrected chi connectivity index (χ2v) is 8.61. The topological polar surface area (TPSA) is 154 Å². The van der Waals surface area contributed by atoms with E-state index in [0.29, 0.717) is 11.8 Å². The summed E-state index contributed by atoms with van der Waals surface area (Å²) < 4.78 is 47.0. The standard InChI is InChI=1S/C23H16Cl2F3N7O4/c1-10-6-18(32-19-9-16(20(36)37)34-35-19)33-22(29-10)39-17-5-3-11(7-13(17)23(26,27)28)30-21(38)31-12-2-4-14(24)15(25)8-12/h2-9H,1H3,(H,36,37)(H2,30,31,38)(H2,29,32,33,34,35). The van der Waals surface area contributed by atoms with Gasteiger partial charge in [-0.3, -0.25) is 5.10 Å². The lowest BCUT2D eigenvalue weighted by Gasteiger charge is -2.16. The summed E-state index contributed by atoms with van der Waals surface area (Å²) in [5, 5.41) is 23.0. The van der Waals surface area contributed by atoms with Crippen LogP contribution in [0.2, 0.25) is 10.0 Å². The fraction of sp³-hybridized carbons (Fsp3) is 0.0870. The van der Waals surface area contributed by atoms with Crippen LogP contribution in [0, 0.1) is 6.92 Å². The first-order chi connectivity index (χ1) is 18.4. The SMILES string of the molecule is Cc1cc(Nc2cc(C(=O)O)n[nH]2)nc(Oc2ccc(NC(=O)Nc3ccc(Cl)c(Cl)c3)cc2C(F)(F)F)n1. The fourth-order valence-electron chi connectivity index (χ4n) is 3.17. The Bertz CT molecular complexity index is 1560. The Morgan fingerprint density at radius 2 is 1.67 bits per heavy atom. The number of carbonyl (C=O) groups is 2. The van der Waals surface area contributed by atoms with E-state index in [1.54, 1.807) is 6.92 Å². The Balaban J connectivity index is 1.53. The maximum absolute atomic E-state index is 13.9. The van der Waals surface area contributed by atoms with Gasteiger partial charge in [0.25, 0.3) is 0 Å². The summed E-state index contributed by atoms with van der Waals surface area (Å²) in [6.45, 7) is 1.56. The molecule has 0 atom stereocenters. The zero-order chi connectivity index (χ0) is 28.3. The Labute approximate surface area is 227 Å². The number of anilines is 4. The monoisotopic (exact) mass is 581 g/mol. The molecule has 0 aliphatic rings. The second-order valence-electron chi connectivity index (χ2n) is 7.79. The number of alkyl halides is 3. The highest BCUT2D eigenvalue weighted by Crippen LogP contribution is 2.39. The molecular formula is C23H16Cl2F3N7O4. The molecule has 0 fully saturated rings. The number of rotatable bonds is 7. The number of aromatic amines is 1. The smallest absolute Gasteiger partial charge is 0.420 e. The molecule has 0 spiro atoms. The van der Waals surface area contributed by atoms with E-state index in [4.69, 9.17) is 33.0 Å². The van der Waals surface area contributed by atoms with Gasteiger partial charge in [-0.05, 0) is 43.3 Å². The minimum absolute atomic E-state index is 0.101. The quantitative estimate of drug-likeness (QED) is 0.161. The number of amides is 2. The lowest BCUT2D eigenvalue weighted by molar-refractivity contribution is -0.138. The number of nitrogens with one attached hydrogen (secondary N) is 4. The predicted octanol–water partition coefficient (Wildman–Crippen LogP) is 6.71. The third kappa shape index (κ3) is 7.06. The van der Waals surface area contributed by atoms with Crippen molar-refractivity contribution in [2.45, 2.75) is 13.1 Å². The number of halogens is 5. The average Bonchev–Trinajstić information content (AvgIpc) is 3.30. The summed E-state index contributed by atoms with van der Waals surface area (Å²) >= 11 is 11.7. The Morgan fingerprint density at radius 3 is 2.31 bits per heavy atom. The van der Waals surface area contributed by atoms with Crippen molar-refractivity contribution >= 4 is 58.2 Å². The van der Waals surface area contributed by atoms with Crippen molar-refractivity contribution in [3.8, 4) is 11.8 Å². The molecule has 0 aliphatic heterocycles. The molecule has 2 aromatic heterocycles. The molecule has 4 rings (SSSR count). The average molecular weight is 582 g/mol. The Kier molecular flexibility index (Phi) is 7.78. The second kappa shape index (κ2) is 11.0. The van der Waals surface area contributed by atoms with Crippen molar-refractivity contribution in [1.82, 2.24) is 20.2 Å². The first-order valence-corrected chi connectivity index (χ1v) is 11.5. The van der Waals surface area contributed by atoms with Gasteiger partial charge in [0, 0.05) is 29.2 Å². The summed E-state index contributed by atoms with van der Waals surface area (Å²) in [5.74, 6) is -1.61. The summed E-state index contributed by atoms with van der Waals surface area (Å²) in [6.07, 6.45) is -4.86. The summed E-state index contributed by atoms with van der Waals surface area (Å²) in [6, 6.07) is 8.61. The van der Waals surface area contributed by atoms with Crippen LogP contribution in [0.15, 0.2) is 48.5 Å². The lowest BCUT2D eigenvalue weighted by Crippen LogP contribution is -2.20. The van der Waals surface area contributed by atoms with E-state index < -0.39 is 35.5 Å². The number of ether oxygens (including phenoxy) is 1. The van der Waals surface area contributed by atoms with E-state index in [2.05, 4.69) is 36.1 Å². The third-order valence-corrected chi connectivity index (χ3v) is 5.55. The van der Waals surface area contributed by atoms with Crippen LogP contribution in [0.25, 0.3) is 0 Å². The minimum atomic E-state index is -4.86. The normalized spacial score (nSPS) is 11.1. The van der Waals surface area contributed by atoms with Gasteiger partial charge >= 0.3 is 24.2 Å². The van der Waals surface area contributed by atoms with E-state index in [1.807, 2.05) is 0 Å². The zero-order valence-corrected chi connectivity index (χ0v) is 21.0. The molecule has 11 nitrogen and oxygen atoms in total. The van der Waals surface area contributed by atoms with E-state index in [0.717, 1.165) is 6.07 Å². The molecule has 0 saturated carbocycles. The number of aromatic carboxylic acids is 1. The number of urea groups is 1. The van der Waals surface area contributed by atoms with Gasteiger partial charge in [0.15, 0.2) is 5.69 Å². The van der Waals surface area contributed by atoms with Gasteiger partial charge in [-0.15, -0.1) is 0 Å². The number of H-pyrrole nitrogens is 1. The van der Waals surface area contributed by atoms with E-state index in [-0.39, 0.29) is 38.7 Å². The Morgan fingerprint density at radius 1 is 0.974 bits per heavy atom. The number of carbonyl (C=O) groups excluding carboxylic acids is 1. The third-order valence-electron chi connectivity index (χ3n) is 4.81. The highest BCUT2D eigenvalue weighted by molar-refractivity contribution is 6.42. The number of aromatic nitrogens is 4. The molecule has 202 valence electrons. The van der Waals surface area contributed by atoms with Crippen LogP contribution in [0.1, 0.15) is 21.7 Å². The first kappa shape index (κ1) is 27.5. The van der Waals surface area contributed by atoms with Gasteiger partial charge in [-0.2, -0.15) is 23.3 Å². The molecule has 16 heteroatoms. The zero-order valence-electron chi connectivity index (χ0n) is 19.5. The molecular weight excluding hydrogens is 566 g/mol.